The van der Waals surface area contributed by atoms with E-state index in [-0.39, 0.29) is 17.6 Å². The predicted molar refractivity (Wildman–Crippen MR) is 139 cm³/mol. The average molecular weight is 494 g/mol. The SMILES string of the molecule is CCCCOc1ccc(N2C(=O)[C@@H]3[C@@H](C2=O)[C@@H]2c4ccccc4C=NN2[C@@H]3C(=O)c2ccccc2)cc1. The van der Waals surface area contributed by atoms with Gasteiger partial charge in [-0.15, -0.1) is 0 Å². The summed E-state index contributed by atoms with van der Waals surface area (Å²) in [6.07, 6.45) is 3.70. The molecule has 37 heavy (non-hydrogen) atoms. The molecule has 0 radical (unpaired) electrons. The number of ether oxygens (including phenoxy) is 1. The molecule has 2 amide bonds. The number of carbonyl (C=O) groups is 3. The largest absolute Gasteiger partial charge is 0.494 e. The lowest BCUT2D eigenvalue weighted by atomic mass is 9.83. The van der Waals surface area contributed by atoms with Crippen molar-refractivity contribution in [1.29, 1.82) is 0 Å². The molecule has 186 valence electrons. The Hall–Kier alpha value is -4.26. The van der Waals surface area contributed by atoms with Crippen LogP contribution in [0.5, 0.6) is 5.75 Å². The van der Waals surface area contributed by atoms with Gasteiger partial charge in [0.2, 0.25) is 11.8 Å². The molecule has 2 saturated heterocycles. The first kappa shape index (κ1) is 23.2. The Bertz CT molecular complexity index is 1390. The lowest BCUT2D eigenvalue weighted by molar-refractivity contribution is -0.124. The molecule has 7 nitrogen and oxygen atoms in total. The fourth-order valence-corrected chi connectivity index (χ4v) is 5.72. The van der Waals surface area contributed by atoms with Crippen LogP contribution in [0.3, 0.4) is 0 Å². The second-order valence-corrected chi connectivity index (χ2v) is 9.63. The van der Waals surface area contributed by atoms with E-state index in [1.807, 2.05) is 30.3 Å². The number of hydrazone groups is 1. The minimum Gasteiger partial charge on any atom is -0.494 e. The van der Waals surface area contributed by atoms with Crippen molar-refractivity contribution in [2.45, 2.75) is 31.8 Å². The maximum absolute atomic E-state index is 13.9. The Morgan fingerprint density at radius 1 is 0.892 bits per heavy atom. The summed E-state index contributed by atoms with van der Waals surface area (Å²) in [7, 11) is 0. The summed E-state index contributed by atoms with van der Waals surface area (Å²) in [5.74, 6) is -1.75. The third-order valence-electron chi connectivity index (χ3n) is 7.48. The molecule has 7 heteroatoms. The summed E-state index contributed by atoms with van der Waals surface area (Å²) in [5.41, 5.74) is 2.77. The predicted octanol–water partition coefficient (Wildman–Crippen LogP) is 4.63. The van der Waals surface area contributed by atoms with Gasteiger partial charge in [0.1, 0.15) is 11.8 Å². The molecule has 0 bridgehead atoms. The van der Waals surface area contributed by atoms with Crippen LogP contribution in [0.4, 0.5) is 5.69 Å². The molecule has 3 aromatic carbocycles. The van der Waals surface area contributed by atoms with Crippen LogP contribution in [-0.4, -0.2) is 41.5 Å². The van der Waals surface area contributed by atoms with Gasteiger partial charge >= 0.3 is 0 Å². The number of benzene rings is 3. The van der Waals surface area contributed by atoms with E-state index in [1.54, 1.807) is 59.8 Å². The van der Waals surface area contributed by atoms with Gasteiger partial charge in [0.25, 0.3) is 0 Å². The van der Waals surface area contributed by atoms with Crippen LogP contribution in [0, 0.1) is 11.8 Å². The minimum atomic E-state index is -0.875. The average Bonchev–Trinajstić information content (AvgIpc) is 3.41. The van der Waals surface area contributed by atoms with Crippen molar-refractivity contribution < 1.29 is 19.1 Å². The van der Waals surface area contributed by atoms with Crippen LogP contribution >= 0.6 is 0 Å². The molecular weight excluding hydrogens is 466 g/mol. The van der Waals surface area contributed by atoms with E-state index in [0.29, 0.717) is 23.6 Å². The van der Waals surface area contributed by atoms with Gasteiger partial charge < -0.3 is 4.74 Å². The van der Waals surface area contributed by atoms with E-state index in [9.17, 15) is 14.4 Å². The monoisotopic (exact) mass is 493 g/mol. The normalized spacial score (nSPS) is 23.6. The van der Waals surface area contributed by atoms with E-state index in [2.05, 4.69) is 12.0 Å². The first-order valence-electron chi connectivity index (χ1n) is 12.7. The van der Waals surface area contributed by atoms with Crippen molar-refractivity contribution in [3.63, 3.8) is 0 Å². The highest BCUT2D eigenvalue weighted by Crippen LogP contribution is 2.53. The number of unbranched alkanes of at least 4 members (excludes halogenated alkanes) is 1. The van der Waals surface area contributed by atoms with Gasteiger partial charge in [-0.3, -0.25) is 19.4 Å². The van der Waals surface area contributed by atoms with Crippen molar-refractivity contribution in [3.8, 4) is 5.75 Å². The maximum Gasteiger partial charge on any atom is 0.240 e. The van der Waals surface area contributed by atoms with Crippen LogP contribution < -0.4 is 9.64 Å². The number of carbonyl (C=O) groups excluding carboxylic acids is 3. The highest BCUT2D eigenvalue weighted by atomic mass is 16.5. The highest BCUT2D eigenvalue weighted by Gasteiger charge is 2.65. The smallest absolute Gasteiger partial charge is 0.240 e. The molecule has 2 fully saturated rings. The van der Waals surface area contributed by atoms with Crippen molar-refractivity contribution in [2.75, 3.05) is 11.5 Å². The lowest BCUT2D eigenvalue weighted by Crippen LogP contribution is -2.44. The van der Waals surface area contributed by atoms with Gasteiger partial charge in [0.15, 0.2) is 5.78 Å². The first-order valence-corrected chi connectivity index (χ1v) is 12.7. The van der Waals surface area contributed by atoms with Gasteiger partial charge in [-0.25, -0.2) is 4.90 Å². The maximum atomic E-state index is 13.9. The Morgan fingerprint density at radius 2 is 1.59 bits per heavy atom. The number of hydrogen-bond donors (Lipinski definition) is 0. The molecule has 3 aliphatic rings. The van der Waals surface area contributed by atoms with Crippen molar-refractivity contribution in [3.05, 3.63) is 95.6 Å². The van der Waals surface area contributed by atoms with Gasteiger partial charge in [0.05, 0.1) is 36.4 Å². The molecule has 0 unspecified atom stereocenters. The van der Waals surface area contributed by atoms with Crippen molar-refractivity contribution >= 4 is 29.5 Å². The van der Waals surface area contributed by atoms with Crippen LogP contribution in [0.15, 0.2) is 84.0 Å². The molecule has 0 spiro atoms. The number of Topliss-reactive ketones (excluding diaryl/α,β-unsaturated/α-hetero) is 1. The first-order chi connectivity index (χ1) is 18.1. The number of ketones is 1. The number of fused-ring (bicyclic) bond motifs is 5. The zero-order chi connectivity index (χ0) is 25.5. The zero-order valence-corrected chi connectivity index (χ0v) is 20.5. The minimum absolute atomic E-state index is 0.211. The second-order valence-electron chi connectivity index (χ2n) is 9.63. The van der Waals surface area contributed by atoms with Crippen LogP contribution in [0.1, 0.15) is 47.3 Å². The van der Waals surface area contributed by atoms with Crippen molar-refractivity contribution in [2.24, 2.45) is 16.9 Å². The van der Waals surface area contributed by atoms with Gasteiger partial charge in [-0.1, -0.05) is 67.9 Å². The number of hydrogen-bond acceptors (Lipinski definition) is 6. The Kier molecular flexibility index (Phi) is 5.83. The fraction of sp³-hybridized carbons (Fsp3) is 0.267. The third-order valence-corrected chi connectivity index (χ3v) is 7.48. The number of amides is 2. The van der Waals surface area contributed by atoms with E-state index in [0.717, 1.165) is 24.0 Å². The van der Waals surface area contributed by atoms with E-state index in [1.165, 1.54) is 4.90 Å². The summed E-state index contributed by atoms with van der Waals surface area (Å²) in [6, 6.07) is 22.3. The molecule has 4 atom stereocenters. The van der Waals surface area contributed by atoms with E-state index < -0.39 is 23.9 Å². The molecule has 0 N–H and O–H groups in total. The molecule has 3 aromatic rings. The Labute approximate surface area is 215 Å². The quantitative estimate of drug-likeness (QED) is 0.273. The van der Waals surface area contributed by atoms with E-state index in [4.69, 9.17) is 4.74 Å². The molecule has 3 heterocycles. The topological polar surface area (TPSA) is 79.3 Å². The van der Waals surface area contributed by atoms with Crippen LogP contribution in [0.2, 0.25) is 0 Å². The summed E-state index contributed by atoms with van der Waals surface area (Å²) in [6.45, 7) is 2.71. The molecule has 0 saturated carbocycles. The summed E-state index contributed by atoms with van der Waals surface area (Å²) in [5, 5.41) is 6.29. The van der Waals surface area contributed by atoms with Gasteiger partial charge in [-0.05, 0) is 41.8 Å². The molecule has 0 aromatic heterocycles. The summed E-state index contributed by atoms with van der Waals surface area (Å²) < 4.78 is 5.74. The zero-order valence-electron chi connectivity index (χ0n) is 20.5. The standard InChI is InChI=1S/C30H27N3O4/c1-2-3-17-37-22-15-13-21(14-16-22)32-29(35)24-25(30(32)36)27(28(34)19-9-5-4-6-10-19)33-26(24)23-12-8-7-11-20(23)18-31-33/h4-16,18,24-27H,2-3,17H2,1H3/t24-,25-,26+,27+/m1/s1. The number of rotatable bonds is 7. The molecule has 0 aliphatic carbocycles. The van der Waals surface area contributed by atoms with Crippen LogP contribution in [0.25, 0.3) is 0 Å². The van der Waals surface area contributed by atoms with Crippen LogP contribution in [-0.2, 0) is 9.59 Å². The van der Waals surface area contributed by atoms with Crippen molar-refractivity contribution in [1.82, 2.24) is 5.01 Å². The van der Waals surface area contributed by atoms with E-state index >= 15 is 0 Å². The Morgan fingerprint density at radius 3 is 2.35 bits per heavy atom. The highest BCUT2D eigenvalue weighted by molar-refractivity contribution is 6.24. The molecule has 6 rings (SSSR count). The third kappa shape index (κ3) is 3.73. The fourth-order valence-electron chi connectivity index (χ4n) is 5.72. The molecule has 3 aliphatic heterocycles. The van der Waals surface area contributed by atoms with Gasteiger partial charge in [0, 0.05) is 5.56 Å². The summed E-state index contributed by atoms with van der Waals surface area (Å²) in [4.78, 5) is 42.9. The molecular formula is C30H27N3O4. The second kappa shape index (κ2) is 9.32. The van der Waals surface area contributed by atoms with Gasteiger partial charge in [-0.2, -0.15) is 5.10 Å². The number of imide groups is 1. The Balaban J connectivity index is 1.39. The number of nitrogens with zero attached hydrogens (tertiary/aromatic N) is 3. The lowest BCUT2D eigenvalue weighted by Gasteiger charge is -2.33. The summed E-state index contributed by atoms with van der Waals surface area (Å²) >= 11 is 0. The number of anilines is 1.